The number of carbonyl (C=O) groups is 1. The van der Waals surface area contributed by atoms with Gasteiger partial charge >= 0.3 is 5.69 Å². The van der Waals surface area contributed by atoms with Crippen molar-refractivity contribution in [2.45, 2.75) is 33.4 Å². The van der Waals surface area contributed by atoms with Crippen molar-refractivity contribution in [3.8, 4) is 0 Å². The van der Waals surface area contributed by atoms with Gasteiger partial charge in [0.05, 0.1) is 16.7 Å². The molecule has 1 atom stereocenters. The van der Waals surface area contributed by atoms with Crippen LogP contribution in [-0.4, -0.2) is 30.4 Å². The molecule has 0 aliphatic heterocycles. The molecule has 0 bridgehead atoms. The molecule has 0 spiro atoms. The van der Waals surface area contributed by atoms with Crippen LogP contribution in [-0.2, 0) is 13.6 Å². The van der Waals surface area contributed by atoms with Crippen LogP contribution < -0.4 is 5.32 Å². The van der Waals surface area contributed by atoms with Gasteiger partial charge in [0, 0.05) is 25.4 Å². The van der Waals surface area contributed by atoms with Crippen LogP contribution in [0.4, 0.5) is 5.69 Å². The van der Waals surface area contributed by atoms with E-state index in [0.29, 0.717) is 0 Å². The minimum atomic E-state index is -0.618. The summed E-state index contributed by atoms with van der Waals surface area (Å²) in [5.41, 5.74) is 1.17. The van der Waals surface area contributed by atoms with Gasteiger partial charge in [0.25, 0.3) is 5.91 Å². The topological polar surface area (TPSA) is 108 Å². The van der Waals surface area contributed by atoms with Crippen LogP contribution in [0.2, 0.25) is 0 Å². The largest absolute Gasteiger partial charge is 0.344 e. The summed E-state index contributed by atoms with van der Waals surface area (Å²) in [6.07, 6.45) is 3.06. The van der Waals surface area contributed by atoms with Crippen LogP contribution >= 0.6 is 0 Å². The average molecular weight is 306 g/mol. The summed E-state index contributed by atoms with van der Waals surface area (Å²) in [7, 11) is 1.53. The highest BCUT2D eigenvalue weighted by molar-refractivity contribution is 5.96. The van der Waals surface area contributed by atoms with Gasteiger partial charge < -0.3 is 5.32 Å². The summed E-state index contributed by atoms with van der Waals surface area (Å²) in [6.45, 7) is 6.36. The maximum absolute atomic E-state index is 12.2. The van der Waals surface area contributed by atoms with E-state index in [-0.39, 0.29) is 17.4 Å². The minimum absolute atomic E-state index is 0.195. The molecule has 2 aromatic heterocycles. The summed E-state index contributed by atoms with van der Waals surface area (Å²) in [4.78, 5) is 22.6. The highest BCUT2D eigenvalue weighted by Gasteiger charge is 2.26. The second kappa shape index (κ2) is 5.96. The molecule has 1 amide bonds. The van der Waals surface area contributed by atoms with Gasteiger partial charge in [0.15, 0.2) is 0 Å². The Balaban J connectivity index is 2.21. The van der Waals surface area contributed by atoms with Gasteiger partial charge in [-0.25, -0.2) is 0 Å². The molecular weight excluding hydrogens is 288 g/mol. The van der Waals surface area contributed by atoms with Crippen molar-refractivity contribution in [2.24, 2.45) is 7.05 Å². The molecule has 0 saturated heterocycles. The molecular formula is C13H18N6O3. The smallest absolute Gasteiger partial charge is 0.320 e. The Bertz CT molecular complexity index is 717. The van der Waals surface area contributed by atoms with E-state index in [1.54, 1.807) is 11.6 Å². The fourth-order valence-corrected chi connectivity index (χ4v) is 2.23. The van der Waals surface area contributed by atoms with Crippen LogP contribution in [0.3, 0.4) is 0 Å². The Morgan fingerprint density at radius 1 is 1.45 bits per heavy atom. The van der Waals surface area contributed by atoms with Crippen molar-refractivity contribution >= 4 is 11.6 Å². The van der Waals surface area contributed by atoms with Gasteiger partial charge in [-0.1, -0.05) is 0 Å². The fourth-order valence-electron chi connectivity index (χ4n) is 2.23. The first-order chi connectivity index (χ1) is 10.3. The molecule has 0 aliphatic rings. The van der Waals surface area contributed by atoms with Crippen LogP contribution in [0.25, 0.3) is 0 Å². The Kier molecular flexibility index (Phi) is 4.25. The number of nitro groups is 1. The zero-order chi connectivity index (χ0) is 16.4. The van der Waals surface area contributed by atoms with Gasteiger partial charge in [-0.2, -0.15) is 10.2 Å². The Morgan fingerprint density at radius 2 is 2.14 bits per heavy atom. The second-order valence-electron chi connectivity index (χ2n) is 5.01. The quantitative estimate of drug-likeness (QED) is 0.662. The third-order valence-electron chi connectivity index (χ3n) is 3.34. The molecule has 1 unspecified atom stereocenters. The average Bonchev–Trinajstić information content (AvgIpc) is 3.01. The molecule has 118 valence electrons. The molecule has 2 heterocycles. The van der Waals surface area contributed by atoms with E-state index in [1.165, 1.54) is 17.9 Å². The maximum atomic E-state index is 12.2. The highest BCUT2D eigenvalue weighted by atomic mass is 16.6. The first-order valence-electron chi connectivity index (χ1n) is 6.86. The van der Waals surface area contributed by atoms with E-state index < -0.39 is 10.8 Å². The monoisotopic (exact) mass is 306 g/mol. The van der Waals surface area contributed by atoms with Gasteiger partial charge in [-0.3, -0.25) is 24.3 Å². The van der Waals surface area contributed by atoms with Crippen molar-refractivity contribution in [2.75, 3.05) is 0 Å². The van der Waals surface area contributed by atoms with Gasteiger partial charge in [-0.15, -0.1) is 0 Å². The molecule has 22 heavy (non-hydrogen) atoms. The number of amides is 1. The highest BCUT2D eigenvalue weighted by Crippen LogP contribution is 2.19. The van der Waals surface area contributed by atoms with Crippen LogP contribution in [0.5, 0.6) is 0 Å². The SMILES string of the molecule is CCn1cc(C(C)NC(=O)c2nn(C)cc2[N+](=O)[O-])c(C)n1. The molecule has 1 N–H and O–H groups in total. The molecule has 0 aromatic carbocycles. The first-order valence-corrected chi connectivity index (χ1v) is 6.86. The third-order valence-corrected chi connectivity index (χ3v) is 3.34. The van der Waals surface area contributed by atoms with E-state index in [9.17, 15) is 14.9 Å². The number of hydrogen-bond acceptors (Lipinski definition) is 5. The van der Waals surface area contributed by atoms with E-state index in [2.05, 4.69) is 15.5 Å². The number of hydrogen-bond donors (Lipinski definition) is 1. The lowest BCUT2D eigenvalue weighted by Gasteiger charge is -2.11. The Labute approximate surface area is 127 Å². The van der Waals surface area contributed by atoms with E-state index >= 15 is 0 Å². The summed E-state index contributed by atoms with van der Waals surface area (Å²) >= 11 is 0. The molecule has 9 heteroatoms. The number of rotatable bonds is 5. The standard InChI is InChI=1S/C13H18N6O3/c1-5-18-6-10(9(3)15-18)8(2)14-13(20)12-11(19(21)22)7-17(4)16-12/h6-8H,5H2,1-4H3,(H,14,20). The zero-order valence-corrected chi connectivity index (χ0v) is 12.9. The second-order valence-corrected chi connectivity index (χ2v) is 5.01. The minimum Gasteiger partial charge on any atom is -0.344 e. The molecule has 0 radical (unpaired) electrons. The molecule has 2 rings (SSSR count). The Morgan fingerprint density at radius 3 is 2.68 bits per heavy atom. The number of aryl methyl sites for hydroxylation is 3. The lowest BCUT2D eigenvalue weighted by molar-refractivity contribution is -0.385. The van der Waals surface area contributed by atoms with Crippen LogP contribution in [0.15, 0.2) is 12.4 Å². The van der Waals surface area contributed by atoms with Gasteiger partial charge in [0.1, 0.15) is 6.20 Å². The molecule has 0 aliphatic carbocycles. The predicted molar refractivity (Wildman–Crippen MR) is 78.4 cm³/mol. The molecule has 0 fully saturated rings. The summed E-state index contributed by atoms with van der Waals surface area (Å²) in [5.74, 6) is -0.580. The first kappa shape index (κ1) is 15.7. The van der Waals surface area contributed by atoms with E-state index in [1.807, 2.05) is 20.0 Å². The van der Waals surface area contributed by atoms with Crippen molar-refractivity contribution in [3.63, 3.8) is 0 Å². The van der Waals surface area contributed by atoms with Crippen molar-refractivity contribution in [3.05, 3.63) is 39.5 Å². The fraction of sp³-hybridized carbons (Fsp3) is 0.462. The summed E-state index contributed by atoms with van der Waals surface area (Å²) < 4.78 is 3.02. The van der Waals surface area contributed by atoms with Crippen molar-refractivity contribution in [1.82, 2.24) is 24.9 Å². The summed E-state index contributed by atoms with van der Waals surface area (Å²) in [5, 5.41) is 21.9. The molecule has 2 aromatic rings. The van der Waals surface area contributed by atoms with Gasteiger partial charge in [-0.05, 0) is 20.8 Å². The summed E-state index contributed by atoms with van der Waals surface area (Å²) in [6, 6.07) is -0.325. The van der Waals surface area contributed by atoms with Crippen LogP contribution in [0, 0.1) is 17.0 Å². The lowest BCUT2D eigenvalue weighted by atomic mass is 10.1. The van der Waals surface area contributed by atoms with Gasteiger partial charge in [0.2, 0.25) is 5.69 Å². The third kappa shape index (κ3) is 2.97. The maximum Gasteiger partial charge on any atom is 0.320 e. The Hall–Kier alpha value is -2.71. The van der Waals surface area contributed by atoms with Crippen LogP contribution in [0.1, 0.15) is 41.6 Å². The lowest BCUT2D eigenvalue weighted by Crippen LogP contribution is -2.28. The number of nitrogens with one attached hydrogen (secondary N) is 1. The molecule has 0 saturated carbocycles. The number of carbonyl (C=O) groups excluding carboxylic acids is 1. The molecule has 9 nitrogen and oxygen atoms in total. The van der Waals surface area contributed by atoms with E-state index in [0.717, 1.165) is 17.8 Å². The number of aromatic nitrogens is 4. The van der Waals surface area contributed by atoms with Crippen molar-refractivity contribution in [1.29, 1.82) is 0 Å². The van der Waals surface area contributed by atoms with Crippen molar-refractivity contribution < 1.29 is 9.72 Å². The zero-order valence-electron chi connectivity index (χ0n) is 12.9. The number of nitrogens with zero attached hydrogens (tertiary/aromatic N) is 5. The van der Waals surface area contributed by atoms with E-state index in [4.69, 9.17) is 0 Å². The predicted octanol–water partition coefficient (Wildman–Crippen LogP) is 1.34. The normalized spacial score (nSPS) is 12.2.